The lowest BCUT2D eigenvalue weighted by Crippen LogP contribution is -2.30. The quantitative estimate of drug-likeness (QED) is 0.688. The number of benzene rings is 1. The van der Waals surface area contributed by atoms with E-state index >= 15 is 0 Å². The predicted molar refractivity (Wildman–Crippen MR) is 73.5 cm³/mol. The zero-order valence-electron chi connectivity index (χ0n) is 11.7. The summed E-state index contributed by atoms with van der Waals surface area (Å²) >= 11 is 0. The molecule has 2 nitrogen and oxygen atoms in total. The van der Waals surface area contributed by atoms with Gasteiger partial charge in [-0.15, -0.1) is 0 Å². The second-order valence-electron chi connectivity index (χ2n) is 4.75. The largest absolute Gasteiger partial charge is 0.489 e. The van der Waals surface area contributed by atoms with Crippen molar-refractivity contribution >= 4 is 0 Å². The Labute approximate surface area is 114 Å². The summed E-state index contributed by atoms with van der Waals surface area (Å²) in [5, 5.41) is 3.30. The van der Waals surface area contributed by atoms with Crippen LogP contribution in [0.2, 0.25) is 0 Å². The van der Waals surface area contributed by atoms with Gasteiger partial charge in [-0.1, -0.05) is 32.3 Å². The molecule has 1 aromatic rings. The fraction of sp³-hybridized carbons (Fsp3) is 0.600. The molecular weight excluding hydrogens is 248 g/mol. The normalized spacial score (nSPS) is 12.4. The van der Waals surface area contributed by atoms with E-state index < -0.39 is 11.6 Å². The number of ether oxygens (including phenoxy) is 1. The van der Waals surface area contributed by atoms with E-state index in [0.29, 0.717) is 19.2 Å². The minimum absolute atomic E-state index is 0.0274. The second kappa shape index (κ2) is 8.86. The molecule has 19 heavy (non-hydrogen) atoms. The first-order valence-corrected chi connectivity index (χ1v) is 6.95. The van der Waals surface area contributed by atoms with Crippen molar-refractivity contribution in [2.45, 2.75) is 45.6 Å². The first kappa shape index (κ1) is 15.9. The summed E-state index contributed by atoms with van der Waals surface area (Å²) < 4.78 is 31.4. The zero-order valence-corrected chi connectivity index (χ0v) is 11.7. The van der Waals surface area contributed by atoms with Gasteiger partial charge in [0.2, 0.25) is 5.82 Å². The summed E-state index contributed by atoms with van der Waals surface area (Å²) in [6, 6.07) is 4.38. The van der Waals surface area contributed by atoms with Gasteiger partial charge in [0.15, 0.2) is 11.6 Å². The van der Waals surface area contributed by atoms with Gasteiger partial charge in [0.05, 0.1) is 0 Å². The average Bonchev–Trinajstić information content (AvgIpc) is 2.39. The third-order valence-electron chi connectivity index (χ3n) is 3.01. The molecule has 108 valence electrons. The maximum Gasteiger partial charge on any atom is 0.200 e. The van der Waals surface area contributed by atoms with E-state index in [1.165, 1.54) is 31.4 Å². The minimum atomic E-state index is -0.918. The van der Waals surface area contributed by atoms with E-state index in [0.717, 1.165) is 12.5 Å². The Morgan fingerprint density at radius 2 is 2.05 bits per heavy atom. The van der Waals surface area contributed by atoms with Crippen LogP contribution in [0.15, 0.2) is 18.2 Å². The summed E-state index contributed by atoms with van der Waals surface area (Å²) in [5.74, 6) is -1.82. The first-order chi connectivity index (χ1) is 9.15. The van der Waals surface area contributed by atoms with Crippen LogP contribution in [0.25, 0.3) is 0 Å². The summed E-state index contributed by atoms with van der Waals surface area (Å²) in [7, 11) is 0. The third-order valence-corrected chi connectivity index (χ3v) is 3.01. The highest BCUT2D eigenvalue weighted by Crippen LogP contribution is 2.18. The van der Waals surface area contributed by atoms with Crippen LogP contribution < -0.4 is 10.1 Å². The number of hydrogen-bond acceptors (Lipinski definition) is 2. The summed E-state index contributed by atoms with van der Waals surface area (Å²) in [4.78, 5) is 0. The monoisotopic (exact) mass is 271 g/mol. The molecule has 1 N–H and O–H groups in total. The molecular formula is C15H23F2NO. The van der Waals surface area contributed by atoms with Gasteiger partial charge in [-0.05, 0) is 25.5 Å². The highest BCUT2D eigenvalue weighted by Gasteiger charge is 2.08. The molecule has 0 saturated heterocycles. The van der Waals surface area contributed by atoms with Crippen molar-refractivity contribution in [3.8, 4) is 5.75 Å². The van der Waals surface area contributed by atoms with Crippen LogP contribution in [0.1, 0.15) is 39.5 Å². The Morgan fingerprint density at radius 3 is 2.79 bits per heavy atom. The molecule has 1 unspecified atom stereocenters. The molecule has 1 rings (SSSR count). The highest BCUT2D eigenvalue weighted by molar-refractivity contribution is 5.24. The van der Waals surface area contributed by atoms with Crippen molar-refractivity contribution in [1.29, 1.82) is 0 Å². The predicted octanol–water partition coefficient (Wildman–Crippen LogP) is 3.90. The SMILES string of the molecule is CCCCCC(C)NCCOc1cccc(F)c1F. The van der Waals surface area contributed by atoms with Gasteiger partial charge in [-0.3, -0.25) is 0 Å². The molecule has 0 aliphatic rings. The zero-order chi connectivity index (χ0) is 14.1. The van der Waals surface area contributed by atoms with E-state index in [1.54, 1.807) is 0 Å². The first-order valence-electron chi connectivity index (χ1n) is 6.95. The lowest BCUT2D eigenvalue weighted by molar-refractivity contribution is 0.285. The minimum Gasteiger partial charge on any atom is -0.489 e. The van der Waals surface area contributed by atoms with Crippen molar-refractivity contribution in [3.05, 3.63) is 29.8 Å². The van der Waals surface area contributed by atoms with Crippen LogP contribution in [-0.2, 0) is 0 Å². The number of hydrogen-bond donors (Lipinski definition) is 1. The topological polar surface area (TPSA) is 21.3 Å². The van der Waals surface area contributed by atoms with Crippen LogP contribution in [-0.4, -0.2) is 19.2 Å². The van der Waals surface area contributed by atoms with Crippen molar-refractivity contribution in [1.82, 2.24) is 5.32 Å². The van der Waals surface area contributed by atoms with Gasteiger partial charge < -0.3 is 10.1 Å². The second-order valence-corrected chi connectivity index (χ2v) is 4.75. The fourth-order valence-corrected chi connectivity index (χ4v) is 1.86. The smallest absolute Gasteiger partial charge is 0.200 e. The molecule has 0 aliphatic carbocycles. The Morgan fingerprint density at radius 1 is 1.26 bits per heavy atom. The molecule has 0 fully saturated rings. The number of rotatable bonds is 9. The maximum atomic E-state index is 13.3. The van der Waals surface area contributed by atoms with Crippen LogP contribution in [0.4, 0.5) is 8.78 Å². The van der Waals surface area contributed by atoms with Gasteiger partial charge in [0.1, 0.15) is 6.61 Å². The Kier molecular flexibility index (Phi) is 7.41. The number of nitrogens with one attached hydrogen (secondary N) is 1. The summed E-state index contributed by atoms with van der Waals surface area (Å²) in [5.41, 5.74) is 0. The van der Waals surface area contributed by atoms with Crippen LogP contribution in [0, 0.1) is 11.6 Å². The van der Waals surface area contributed by atoms with Crippen molar-refractivity contribution in [3.63, 3.8) is 0 Å². The van der Waals surface area contributed by atoms with Crippen molar-refractivity contribution in [2.75, 3.05) is 13.2 Å². The fourth-order valence-electron chi connectivity index (χ4n) is 1.86. The van der Waals surface area contributed by atoms with Gasteiger partial charge >= 0.3 is 0 Å². The molecule has 0 amide bonds. The number of unbranched alkanes of at least 4 members (excludes halogenated alkanes) is 2. The van der Waals surface area contributed by atoms with Crippen LogP contribution in [0.3, 0.4) is 0 Å². The Hall–Kier alpha value is -1.16. The standard InChI is InChI=1S/C15H23F2NO/c1-3-4-5-7-12(2)18-10-11-19-14-9-6-8-13(16)15(14)17/h6,8-9,12,18H,3-5,7,10-11H2,1-2H3. The highest BCUT2D eigenvalue weighted by atomic mass is 19.2. The Balaban J connectivity index is 2.18. The van der Waals surface area contributed by atoms with E-state index in [4.69, 9.17) is 4.74 Å². The van der Waals surface area contributed by atoms with Gasteiger partial charge in [-0.2, -0.15) is 4.39 Å². The van der Waals surface area contributed by atoms with E-state index in [1.807, 2.05) is 0 Å². The molecule has 1 aromatic carbocycles. The molecule has 0 bridgehead atoms. The van der Waals surface area contributed by atoms with E-state index in [2.05, 4.69) is 19.2 Å². The number of halogens is 2. The lowest BCUT2D eigenvalue weighted by atomic mass is 10.1. The molecule has 1 atom stereocenters. The van der Waals surface area contributed by atoms with Gasteiger partial charge in [0.25, 0.3) is 0 Å². The molecule has 0 aromatic heterocycles. The summed E-state index contributed by atoms with van der Waals surface area (Å²) in [6.45, 7) is 5.26. The van der Waals surface area contributed by atoms with Crippen molar-refractivity contribution in [2.24, 2.45) is 0 Å². The van der Waals surface area contributed by atoms with Crippen LogP contribution >= 0.6 is 0 Å². The van der Waals surface area contributed by atoms with Gasteiger partial charge in [0, 0.05) is 12.6 Å². The third kappa shape index (κ3) is 6.01. The average molecular weight is 271 g/mol. The molecule has 0 heterocycles. The lowest BCUT2D eigenvalue weighted by Gasteiger charge is -2.14. The van der Waals surface area contributed by atoms with Crippen molar-refractivity contribution < 1.29 is 13.5 Å². The van der Waals surface area contributed by atoms with Gasteiger partial charge in [-0.25, -0.2) is 4.39 Å². The maximum absolute atomic E-state index is 13.3. The molecule has 0 radical (unpaired) electrons. The van der Waals surface area contributed by atoms with E-state index in [-0.39, 0.29) is 5.75 Å². The molecule has 0 aliphatic heterocycles. The molecule has 0 spiro atoms. The Bertz CT molecular complexity index is 371. The van der Waals surface area contributed by atoms with Crippen LogP contribution in [0.5, 0.6) is 5.75 Å². The van der Waals surface area contributed by atoms with E-state index in [9.17, 15) is 8.78 Å². The molecule has 4 heteroatoms. The molecule has 0 saturated carbocycles. The summed E-state index contributed by atoms with van der Waals surface area (Å²) in [6.07, 6.45) is 4.80.